The zero-order valence-electron chi connectivity index (χ0n) is 38.0. The molecule has 0 atom stereocenters. The van der Waals surface area contributed by atoms with Gasteiger partial charge in [0.15, 0.2) is 0 Å². The van der Waals surface area contributed by atoms with Crippen molar-refractivity contribution >= 4 is 99.0 Å². The van der Waals surface area contributed by atoms with Gasteiger partial charge in [-0.05, 0) is 102 Å². The molecular formula is C58H62N2O4. The summed E-state index contributed by atoms with van der Waals surface area (Å²) in [5.41, 5.74) is 2.43. The number of carbonyl (C=O) groups is 4. The maximum atomic E-state index is 14.1. The highest BCUT2D eigenvalue weighted by atomic mass is 16.2. The minimum absolute atomic E-state index is 0.191. The number of hydrogen-bond donors (Lipinski definition) is 0. The first-order chi connectivity index (χ1) is 31.4. The molecule has 4 amide bonds. The number of carbonyl (C=O) groups excluding carboxylic acids is 4. The smallest absolute Gasteiger partial charge is 0.261 e. The molecule has 0 aliphatic carbocycles. The van der Waals surface area contributed by atoms with Crippen molar-refractivity contribution < 1.29 is 19.2 Å². The van der Waals surface area contributed by atoms with E-state index in [1.54, 1.807) is 0 Å². The molecule has 2 heterocycles. The van der Waals surface area contributed by atoms with E-state index in [0.717, 1.165) is 114 Å². The van der Waals surface area contributed by atoms with Crippen LogP contribution in [0.3, 0.4) is 0 Å². The Morgan fingerprint density at radius 2 is 0.469 bits per heavy atom. The number of unbranched alkanes of at least 4 members (excludes halogenated alkanes) is 18. The number of rotatable bonds is 22. The highest BCUT2D eigenvalue weighted by Gasteiger charge is 2.36. The van der Waals surface area contributed by atoms with Crippen LogP contribution in [0.5, 0.6) is 0 Å². The van der Waals surface area contributed by atoms with Crippen molar-refractivity contribution in [3.8, 4) is 0 Å². The second-order valence-electron chi connectivity index (χ2n) is 19.1. The van der Waals surface area contributed by atoms with Crippen LogP contribution in [0.2, 0.25) is 0 Å². The summed E-state index contributed by atoms with van der Waals surface area (Å²) in [6.45, 7) is 5.40. The first kappa shape index (κ1) is 42.3. The van der Waals surface area contributed by atoms with Crippen molar-refractivity contribution in [2.24, 2.45) is 0 Å². The molecular weight excluding hydrogens is 789 g/mol. The van der Waals surface area contributed by atoms with Gasteiger partial charge in [-0.2, -0.15) is 0 Å². The van der Waals surface area contributed by atoms with E-state index in [9.17, 15) is 19.2 Å². The molecule has 0 aromatic heterocycles. The Balaban J connectivity index is 0.941. The molecule has 0 bridgehead atoms. The Morgan fingerprint density at radius 3 is 0.719 bits per heavy atom. The van der Waals surface area contributed by atoms with Crippen molar-refractivity contribution in [1.82, 2.24) is 9.80 Å². The lowest BCUT2D eigenvalue weighted by molar-refractivity contribution is 0.0592. The molecule has 6 heteroatoms. The van der Waals surface area contributed by atoms with E-state index < -0.39 is 0 Å². The van der Waals surface area contributed by atoms with Crippen molar-refractivity contribution in [3.63, 3.8) is 0 Å². The molecule has 328 valence electrons. The second-order valence-corrected chi connectivity index (χ2v) is 19.1. The van der Waals surface area contributed by atoms with Crippen LogP contribution < -0.4 is 0 Å². The third kappa shape index (κ3) is 7.07. The fourth-order valence-corrected chi connectivity index (χ4v) is 11.7. The van der Waals surface area contributed by atoms with Crippen LogP contribution in [0, 0.1) is 0 Å². The van der Waals surface area contributed by atoms with Crippen molar-refractivity contribution in [1.29, 1.82) is 0 Å². The van der Waals surface area contributed by atoms with Crippen molar-refractivity contribution in [2.75, 3.05) is 13.1 Å². The summed E-state index contributed by atoms with van der Waals surface area (Å²) in [5.74, 6) is -0.764. The number of amides is 4. The van der Waals surface area contributed by atoms with E-state index in [2.05, 4.69) is 62.4 Å². The fourth-order valence-electron chi connectivity index (χ4n) is 11.7. The molecule has 6 nitrogen and oxygen atoms in total. The molecule has 8 aromatic rings. The Bertz CT molecular complexity index is 2710. The summed E-state index contributed by atoms with van der Waals surface area (Å²) >= 11 is 0. The average Bonchev–Trinajstić information content (AvgIpc) is 3.31. The Kier molecular flexibility index (Phi) is 12.0. The van der Waals surface area contributed by atoms with Gasteiger partial charge in [0.2, 0.25) is 0 Å². The van der Waals surface area contributed by atoms with Gasteiger partial charge in [-0.3, -0.25) is 29.0 Å². The number of hydrogen-bond acceptors (Lipinski definition) is 4. The van der Waals surface area contributed by atoms with E-state index in [1.165, 1.54) is 99.7 Å². The highest BCUT2D eigenvalue weighted by molar-refractivity contribution is 6.45. The number of benzene rings is 8. The molecule has 0 unspecified atom stereocenters. The van der Waals surface area contributed by atoms with Gasteiger partial charge in [-0.25, -0.2) is 0 Å². The topological polar surface area (TPSA) is 74.8 Å². The summed E-state index contributed by atoms with van der Waals surface area (Å²) in [6.07, 6.45) is 24.0. The number of nitrogens with zero attached hydrogens (tertiary/aromatic N) is 2. The predicted octanol–water partition coefficient (Wildman–Crippen LogP) is 15.7. The average molecular weight is 851 g/mol. The van der Waals surface area contributed by atoms with Crippen LogP contribution in [-0.4, -0.2) is 46.5 Å². The first-order valence-electron chi connectivity index (χ1n) is 25.0. The zero-order valence-corrected chi connectivity index (χ0v) is 38.0. The predicted molar refractivity (Wildman–Crippen MR) is 266 cm³/mol. The molecule has 0 fully saturated rings. The Morgan fingerprint density at radius 1 is 0.266 bits per heavy atom. The Labute approximate surface area is 377 Å². The van der Waals surface area contributed by atoms with E-state index >= 15 is 0 Å². The normalized spacial score (nSPS) is 14.3. The largest absolute Gasteiger partial charge is 0.274 e. The summed E-state index contributed by atoms with van der Waals surface area (Å²) in [5, 5.41) is 14.2. The molecule has 0 spiro atoms. The van der Waals surface area contributed by atoms with Crippen LogP contribution in [-0.2, 0) is 0 Å². The van der Waals surface area contributed by atoms with Crippen molar-refractivity contribution in [3.05, 3.63) is 95.1 Å². The van der Waals surface area contributed by atoms with Gasteiger partial charge in [-0.15, -0.1) is 0 Å². The van der Waals surface area contributed by atoms with E-state index in [-0.39, 0.29) is 23.6 Å². The van der Waals surface area contributed by atoms with Crippen LogP contribution in [0.15, 0.2) is 72.8 Å². The number of fused-ring (bicyclic) bond motifs is 4. The molecule has 2 aliphatic rings. The molecule has 0 N–H and O–H groups in total. The zero-order chi connectivity index (χ0) is 43.9. The van der Waals surface area contributed by atoms with Gasteiger partial charge in [0.25, 0.3) is 23.6 Å². The maximum absolute atomic E-state index is 14.1. The van der Waals surface area contributed by atoms with Gasteiger partial charge in [-0.1, -0.05) is 178 Å². The number of imide groups is 2. The van der Waals surface area contributed by atoms with Gasteiger partial charge in [0.1, 0.15) is 0 Å². The fraction of sp³-hybridized carbons (Fsp3) is 0.414. The van der Waals surface area contributed by atoms with E-state index in [4.69, 9.17) is 0 Å². The van der Waals surface area contributed by atoms with Gasteiger partial charge in [0, 0.05) is 46.1 Å². The Hall–Kier alpha value is -5.62. The molecule has 0 saturated carbocycles. The quantitative estimate of drug-likeness (QED) is 0.0295. The standard InChI is InChI=1S/C58H62N2O4/c1-3-5-7-9-11-13-15-17-19-21-35-59-55(61)45-31-27-41-37-23-25-39-43-29-33-47-54-48(58(64)60(57(47)63)36-22-20-18-16-14-12-10-8-6-4-2)34-30-44(52(43)54)40-26-24-38(49(37)50(39)40)42-28-32-46(56(59)62)53(45)51(41)42/h23-34H,3-22,35-36H2,1-2H3. The summed E-state index contributed by atoms with van der Waals surface area (Å²) in [6, 6.07) is 24.9. The summed E-state index contributed by atoms with van der Waals surface area (Å²) in [4.78, 5) is 59.5. The lowest BCUT2D eigenvalue weighted by Gasteiger charge is -2.29. The lowest BCUT2D eigenvalue weighted by atomic mass is 9.81. The van der Waals surface area contributed by atoms with Gasteiger partial charge < -0.3 is 0 Å². The molecule has 0 saturated heterocycles. The molecule has 10 rings (SSSR count). The third-order valence-electron chi connectivity index (χ3n) is 15.0. The monoisotopic (exact) mass is 850 g/mol. The van der Waals surface area contributed by atoms with Gasteiger partial charge >= 0.3 is 0 Å². The molecule has 8 aromatic carbocycles. The third-order valence-corrected chi connectivity index (χ3v) is 15.0. The minimum atomic E-state index is -0.191. The molecule has 0 radical (unpaired) electrons. The van der Waals surface area contributed by atoms with Crippen molar-refractivity contribution in [2.45, 2.75) is 142 Å². The molecule has 64 heavy (non-hydrogen) atoms. The lowest BCUT2D eigenvalue weighted by Crippen LogP contribution is -2.40. The first-order valence-corrected chi connectivity index (χ1v) is 25.0. The van der Waals surface area contributed by atoms with Crippen LogP contribution >= 0.6 is 0 Å². The summed E-state index contributed by atoms with van der Waals surface area (Å²) < 4.78 is 0. The maximum Gasteiger partial charge on any atom is 0.261 e. The van der Waals surface area contributed by atoms with Crippen LogP contribution in [0.25, 0.3) is 75.4 Å². The SMILES string of the molecule is CCCCCCCCCCCCN1C(=O)c2ccc3c4ccc5c6ccc7c8c(ccc(c9ccc(c%10ccc(c2c3%10)C1=O)c4c59)c86)C(=O)N(CCCCCCCCCCCC)C7=O. The molecule has 2 aliphatic heterocycles. The van der Waals surface area contributed by atoms with Gasteiger partial charge in [0.05, 0.1) is 0 Å². The van der Waals surface area contributed by atoms with E-state index in [0.29, 0.717) is 35.3 Å². The van der Waals surface area contributed by atoms with Crippen LogP contribution in [0.1, 0.15) is 184 Å². The van der Waals surface area contributed by atoms with E-state index in [1.807, 2.05) is 24.3 Å². The minimum Gasteiger partial charge on any atom is -0.274 e. The summed E-state index contributed by atoms with van der Waals surface area (Å²) in [7, 11) is 0. The van der Waals surface area contributed by atoms with Crippen LogP contribution in [0.4, 0.5) is 0 Å². The highest BCUT2D eigenvalue weighted by Crippen LogP contribution is 2.50. The second kappa shape index (κ2) is 18.1.